The molecule has 0 unspecified atom stereocenters. The van der Waals surface area contributed by atoms with E-state index in [9.17, 15) is 9.59 Å². The Kier molecular flexibility index (Phi) is 4.38. The van der Waals surface area contributed by atoms with Crippen LogP contribution in [0.5, 0.6) is 0 Å². The van der Waals surface area contributed by atoms with Crippen LogP contribution >= 0.6 is 0 Å². The number of hydrogen-bond donors (Lipinski definition) is 2. The molecule has 2 aliphatic rings. The van der Waals surface area contributed by atoms with Gasteiger partial charge >= 0.3 is 0 Å². The molecule has 0 radical (unpaired) electrons. The van der Waals surface area contributed by atoms with E-state index >= 15 is 0 Å². The van der Waals surface area contributed by atoms with Gasteiger partial charge in [0.25, 0.3) is 5.91 Å². The van der Waals surface area contributed by atoms with Crippen LogP contribution < -0.4 is 15.1 Å². The third kappa shape index (κ3) is 2.81. The second-order valence-corrected chi connectivity index (χ2v) is 7.77. The summed E-state index contributed by atoms with van der Waals surface area (Å²) in [4.78, 5) is 28.9. The monoisotopic (exact) mass is 330 g/mol. The first-order valence-electron chi connectivity index (χ1n) is 8.91. The van der Waals surface area contributed by atoms with Crippen molar-refractivity contribution >= 4 is 23.2 Å². The molecular weight excluding hydrogens is 302 g/mol. The quantitative estimate of drug-likeness (QED) is 0.862. The van der Waals surface area contributed by atoms with Crippen molar-refractivity contribution in [3.05, 3.63) is 24.3 Å². The Labute approximate surface area is 144 Å². The molecule has 1 fully saturated rings. The van der Waals surface area contributed by atoms with Crippen LogP contribution in [0.25, 0.3) is 0 Å². The van der Waals surface area contributed by atoms with Crippen LogP contribution in [0.15, 0.2) is 24.3 Å². The van der Waals surface area contributed by atoms with Crippen LogP contribution in [0.3, 0.4) is 0 Å². The number of carbonyl (C=O) groups excluding carboxylic acids is 2. The number of amides is 2. The second-order valence-electron chi connectivity index (χ2n) is 7.77. The van der Waals surface area contributed by atoms with Gasteiger partial charge in [-0.25, -0.2) is 0 Å². The first-order chi connectivity index (χ1) is 11.3. The number of quaternary nitrogens is 1. The molecule has 2 N–H and O–H groups in total. The fraction of sp³-hybridized carbons (Fsp3) is 0.579. The van der Waals surface area contributed by atoms with Gasteiger partial charge in [0.1, 0.15) is 5.54 Å². The molecule has 0 spiro atoms. The SMILES string of the molecule is CC1CC[NH+]([C@@H](C)C(=O)N2c3ccccc3NC(=O)C2(C)C)CC1. The van der Waals surface area contributed by atoms with Gasteiger partial charge in [0.05, 0.1) is 24.5 Å². The molecule has 1 aromatic rings. The van der Waals surface area contributed by atoms with Gasteiger partial charge in [-0.05, 0) is 51.7 Å². The largest absolute Gasteiger partial charge is 0.325 e. The Morgan fingerprint density at radius 3 is 2.58 bits per heavy atom. The number of rotatable bonds is 2. The third-order valence-corrected chi connectivity index (χ3v) is 5.63. The van der Waals surface area contributed by atoms with E-state index in [4.69, 9.17) is 0 Å². The lowest BCUT2D eigenvalue weighted by atomic mass is 9.94. The Bertz CT molecular complexity index is 648. The average molecular weight is 330 g/mol. The summed E-state index contributed by atoms with van der Waals surface area (Å²) in [6.45, 7) is 9.95. The van der Waals surface area contributed by atoms with Gasteiger partial charge < -0.3 is 10.2 Å². The number of fused-ring (bicyclic) bond motifs is 1. The number of likely N-dealkylation sites (tertiary alicyclic amines) is 1. The topological polar surface area (TPSA) is 53.9 Å². The van der Waals surface area contributed by atoms with Crippen LogP contribution in [0.1, 0.15) is 40.5 Å². The van der Waals surface area contributed by atoms with Crippen molar-refractivity contribution in [3.8, 4) is 0 Å². The first-order valence-corrected chi connectivity index (χ1v) is 8.91. The predicted octanol–water partition coefficient (Wildman–Crippen LogP) is 1.45. The van der Waals surface area contributed by atoms with Gasteiger partial charge in [0.15, 0.2) is 6.04 Å². The number of benzene rings is 1. The molecular formula is C19H28N3O2+. The average Bonchev–Trinajstić information content (AvgIpc) is 2.55. The molecule has 2 aliphatic heterocycles. The van der Waals surface area contributed by atoms with Crippen molar-refractivity contribution in [2.45, 2.75) is 52.1 Å². The van der Waals surface area contributed by atoms with Crippen molar-refractivity contribution < 1.29 is 14.5 Å². The highest BCUT2D eigenvalue weighted by molar-refractivity contribution is 6.14. The zero-order valence-corrected chi connectivity index (χ0v) is 15.1. The molecule has 5 nitrogen and oxygen atoms in total. The van der Waals surface area contributed by atoms with Crippen molar-refractivity contribution in [2.24, 2.45) is 5.92 Å². The van der Waals surface area contributed by atoms with E-state index in [2.05, 4.69) is 12.2 Å². The van der Waals surface area contributed by atoms with Gasteiger partial charge in [-0.2, -0.15) is 0 Å². The van der Waals surface area contributed by atoms with Gasteiger partial charge in [0, 0.05) is 0 Å². The molecule has 0 aromatic heterocycles. The lowest BCUT2D eigenvalue weighted by Gasteiger charge is -2.44. The summed E-state index contributed by atoms with van der Waals surface area (Å²) in [5.41, 5.74) is 0.621. The van der Waals surface area contributed by atoms with E-state index in [0.29, 0.717) is 5.69 Å². The summed E-state index contributed by atoms with van der Waals surface area (Å²) in [7, 11) is 0. The second kappa shape index (κ2) is 6.20. The zero-order chi connectivity index (χ0) is 17.5. The van der Waals surface area contributed by atoms with Gasteiger partial charge in [-0.1, -0.05) is 19.1 Å². The normalized spacial score (nSPS) is 27.2. The molecule has 2 heterocycles. The lowest BCUT2D eigenvalue weighted by Crippen LogP contribution is -3.17. The lowest BCUT2D eigenvalue weighted by molar-refractivity contribution is -0.919. The molecule has 0 aliphatic carbocycles. The van der Waals surface area contributed by atoms with Gasteiger partial charge in [-0.3, -0.25) is 14.5 Å². The van der Waals surface area contributed by atoms with Crippen molar-refractivity contribution in [3.63, 3.8) is 0 Å². The molecule has 130 valence electrons. The molecule has 0 bridgehead atoms. The van der Waals surface area contributed by atoms with Crippen LogP contribution in [-0.4, -0.2) is 36.5 Å². The zero-order valence-electron chi connectivity index (χ0n) is 15.1. The molecule has 1 aromatic carbocycles. The van der Waals surface area contributed by atoms with Crippen molar-refractivity contribution in [1.82, 2.24) is 0 Å². The smallest absolute Gasteiger partial charge is 0.285 e. The van der Waals surface area contributed by atoms with E-state index < -0.39 is 5.54 Å². The summed E-state index contributed by atoms with van der Waals surface area (Å²) >= 11 is 0. The molecule has 5 heteroatoms. The Hall–Kier alpha value is -1.88. The molecule has 3 rings (SSSR count). The van der Waals surface area contributed by atoms with Crippen LogP contribution in [0.2, 0.25) is 0 Å². The first kappa shape index (κ1) is 17.0. The standard InChI is InChI=1S/C19H27N3O2/c1-13-9-11-21(12-10-13)14(2)17(23)22-16-8-6-5-7-15(16)20-18(24)19(22,3)4/h5-8,13-14H,9-12H2,1-4H3,(H,20,24)/p+1/t14-/m0/s1. The van der Waals surface area contributed by atoms with E-state index in [-0.39, 0.29) is 17.9 Å². The highest BCUT2D eigenvalue weighted by atomic mass is 16.2. The minimum atomic E-state index is -0.887. The van der Waals surface area contributed by atoms with E-state index in [1.165, 1.54) is 4.90 Å². The molecule has 1 atom stereocenters. The fourth-order valence-electron chi connectivity index (χ4n) is 3.78. The fourth-order valence-corrected chi connectivity index (χ4v) is 3.78. The number of para-hydroxylation sites is 2. The predicted molar refractivity (Wildman–Crippen MR) is 95.2 cm³/mol. The molecule has 0 saturated carbocycles. The number of nitrogens with one attached hydrogen (secondary N) is 2. The Morgan fingerprint density at radius 1 is 1.29 bits per heavy atom. The highest BCUT2D eigenvalue weighted by Crippen LogP contribution is 2.36. The number of piperidine rings is 1. The van der Waals surface area contributed by atoms with Crippen LogP contribution in [0, 0.1) is 5.92 Å². The van der Waals surface area contributed by atoms with E-state index in [1.54, 1.807) is 4.90 Å². The molecule has 24 heavy (non-hydrogen) atoms. The number of carbonyl (C=O) groups is 2. The van der Waals surface area contributed by atoms with Crippen LogP contribution in [0.4, 0.5) is 11.4 Å². The highest BCUT2D eigenvalue weighted by Gasteiger charge is 2.46. The Balaban J connectivity index is 1.91. The summed E-state index contributed by atoms with van der Waals surface area (Å²) in [5, 5.41) is 2.92. The summed E-state index contributed by atoms with van der Waals surface area (Å²) in [5.74, 6) is 0.643. The number of nitrogens with zero attached hydrogens (tertiary/aromatic N) is 1. The maximum atomic E-state index is 13.3. The Morgan fingerprint density at radius 2 is 1.92 bits per heavy atom. The van der Waals surface area contributed by atoms with Crippen LogP contribution in [-0.2, 0) is 9.59 Å². The summed E-state index contributed by atoms with van der Waals surface area (Å²) in [6.07, 6.45) is 2.32. The number of anilines is 2. The van der Waals surface area contributed by atoms with Gasteiger partial charge in [-0.15, -0.1) is 0 Å². The third-order valence-electron chi connectivity index (χ3n) is 5.63. The van der Waals surface area contributed by atoms with Crippen molar-refractivity contribution in [2.75, 3.05) is 23.3 Å². The maximum absolute atomic E-state index is 13.3. The number of hydrogen-bond acceptors (Lipinski definition) is 2. The molecule has 2 amide bonds. The van der Waals surface area contributed by atoms with Gasteiger partial charge in [0.2, 0.25) is 5.91 Å². The minimum Gasteiger partial charge on any atom is -0.325 e. The maximum Gasteiger partial charge on any atom is 0.285 e. The van der Waals surface area contributed by atoms with Crippen molar-refractivity contribution in [1.29, 1.82) is 0 Å². The minimum absolute atomic E-state index is 0.0341. The molecule has 1 saturated heterocycles. The summed E-state index contributed by atoms with van der Waals surface area (Å²) < 4.78 is 0. The van der Waals surface area contributed by atoms with E-state index in [1.807, 2.05) is 45.0 Å². The van der Waals surface area contributed by atoms with E-state index in [0.717, 1.165) is 37.5 Å². The summed E-state index contributed by atoms with van der Waals surface area (Å²) in [6, 6.07) is 7.40.